The normalized spacial score (nSPS) is 18.2. The average molecular weight is 578 g/mol. The van der Waals surface area contributed by atoms with E-state index in [0.29, 0.717) is 29.6 Å². The van der Waals surface area contributed by atoms with Gasteiger partial charge < -0.3 is 20.1 Å². The van der Waals surface area contributed by atoms with E-state index in [1.165, 1.54) is 32.1 Å². The van der Waals surface area contributed by atoms with Crippen molar-refractivity contribution in [3.05, 3.63) is 59.7 Å². The molecule has 2 aromatic rings. The fourth-order valence-electron chi connectivity index (χ4n) is 4.97. The fraction of sp³-hybridized carbons (Fsp3) is 0.517. The lowest BCUT2D eigenvalue weighted by atomic mass is 9.85. The first-order chi connectivity index (χ1) is 18.1. The van der Waals surface area contributed by atoms with Gasteiger partial charge in [-0.3, -0.25) is 10.1 Å². The van der Waals surface area contributed by atoms with Crippen molar-refractivity contribution in [1.29, 1.82) is 0 Å². The summed E-state index contributed by atoms with van der Waals surface area (Å²) < 4.78 is 11.6. The number of carbonyl (C=O) groups excluding carboxylic acids is 1. The standard InChI is InChI=1S/C29H39N3O3S2.ClH/c1-34-26-15-13-23(16-27(26)35-18-22-10-6-3-7-11-22)17-30-29(36)24(14-12-21-8-4-2-5-9-21)32-28(33)25-19-37-20-31-25;/h3,6-7,10-11,13,15-16,21,24-25,31H,2,4-5,8-9,12,14,17-20H2,1H3,(H,30,36)(H,32,33);1H/t24-,25+;/m1./s1. The largest absolute Gasteiger partial charge is 0.493 e. The molecule has 1 saturated carbocycles. The van der Waals surface area contributed by atoms with E-state index in [1.807, 2.05) is 48.5 Å². The quantitative estimate of drug-likeness (QED) is 0.283. The number of thioether (sulfide) groups is 1. The van der Waals surface area contributed by atoms with E-state index in [2.05, 4.69) is 16.0 Å². The Morgan fingerprint density at radius 2 is 1.89 bits per heavy atom. The lowest BCUT2D eigenvalue weighted by Gasteiger charge is -2.26. The van der Waals surface area contributed by atoms with Crippen molar-refractivity contribution in [2.24, 2.45) is 5.92 Å². The first kappa shape index (κ1) is 30.5. The number of ether oxygens (including phenoxy) is 2. The maximum Gasteiger partial charge on any atom is 0.238 e. The minimum absolute atomic E-state index is 0. The second-order valence-electron chi connectivity index (χ2n) is 9.89. The van der Waals surface area contributed by atoms with Gasteiger partial charge in [0.05, 0.1) is 24.2 Å². The van der Waals surface area contributed by atoms with Gasteiger partial charge in [0.1, 0.15) is 6.61 Å². The Morgan fingerprint density at radius 1 is 1.11 bits per heavy atom. The summed E-state index contributed by atoms with van der Waals surface area (Å²) in [4.78, 5) is 13.6. The van der Waals surface area contributed by atoms with Crippen molar-refractivity contribution in [3.8, 4) is 11.5 Å². The van der Waals surface area contributed by atoms with Crippen molar-refractivity contribution in [1.82, 2.24) is 16.0 Å². The van der Waals surface area contributed by atoms with E-state index in [9.17, 15) is 4.79 Å². The van der Waals surface area contributed by atoms with E-state index in [1.54, 1.807) is 18.9 Å². The third-order valence-electron chi connectivity index (χ3n) is 7.19. The molecule has 38 heavy (non-hydrogen) atoms. The number of carbonyl (C=O) groups is 1. The molecular weight excluding hydrogens is 538 g/mol. The van der Waals surface area contributed by atoms with Gasteiger partial charge in [0.2, 0.25) is 5.91 Å². The first-order valence-electron chi connectivity index (χ1n) is 13.3. The third-order valence-corrected chi connectivity index (χ3v) is 8.55. The van der Waals surface area contributed by atoms with Crippen LogP contribution in [0.1, 0.15) is 56.1 Å². The Labute approximate surface area is 242 Å². The van der Waals surface area contributed by atoms with Crippen molar-refractivity contribution in [2.75, 3.05) is 18.7 Å². The number of hydrogen-bond donors (Lipinski definition) is 3. The van der Waals surface area contributed by atoms with E-state index >= 15 is 0 Å². The lowest BCUT2D eigenvalue weighted by Crippen LogP contribution is -2.51. The molecule has 2 atom stereocenters. The summed E-state index contributed by atoms with van der Waals surface area (Å²) in [6, 6.07) is 15.7. The smallest absolute Gasteiger partial charge is 0.238 e. The van der Waals surface area contributed by atoms with Gasteiger partial charge in [-0.1, -0.05) is 80.7 Å². The van der Waals surface area contributed by atoms with Gasteiger partial charge in [0, 0.05) is 18.2 Å². The van der Waals surface area contributed by atoms with Gasteiger partial charge in [-0.05, 0) is 42.0 Å². The van der Waals surface area contributed by atoms with Crippen LogP contribution in [-0.2, 0) is 17.9 Å². The first-order valence-corrected chi connectivity index (χ1v) is 14.9. The molecule has 9 heteroatoms. The Morgan fingerprint density at radius 3 is 2.61 bits per heavy atom. The zero-order chi connectivity index (χ0) is 25.9. The Hall–Kier alpha value is -2.00. The Kier molecular flexibility index (Phi) is 13.0. The molecule has 1 amide bonds. The van der Waals surface area contributed by atoms with Crippen LogP contribution in [0.4, 0.5) is 0 Å². The SMILES string of the molecule is COc1ccc(CNC(=S)[C@@H](CCC2CCCCC2)NC(=O)[C@@H]2CSCN2)cc1OCc1ccccc1.Cl. The Balaban J connectivity index is 0.00000400. The molecular formula is C29H40ClN3O3S2. The molecule has 1 aliphatic heterocycles. The molecule has 0 spiro atoms. The maximum atomic E-state index is 12.9. The zero-order valence-electron chi connectivity index (χ0n) is 22.1. The lowest BCUT2D eigenvalue weighted by molar-refractivity contribution is -0.122. The molecule has 0 radical (unpaired) electrons. The topological polar surface area (TPSA) is 71.6 Å². The number of benzene rings is 2. The molecule has 3 N–H and O–H groups in total. The summed E-state index contributed by atoms with van der Waals surface area (Å²) in [7, 11) is 1.65. The third kappa shape index (κ3) is 9.33. The highest BCUT2D eigenvalue weighted by atomic mass is 35.5. The Bertz CT molecular complexity index is 1020. The van der Waals surface area contributed by atoms with Gasteiger partial charge >= 0.3 is 0 Å². The number of halogens is 1. The van der Waals surface area contributed by atoms with Crippen LogP contribution in [0.2, 0.25) is 0 Å². The van der Waals surface area contributed by atoms with Crippen LogP contribution in [0, 0.1) is 5.92 Å². The summed E-state index contributed by atoms with van der Waals surface area (Å²) in [5.74, 6) is 3.80. The highest BCUT2D eigenvalue weighted by Gasteiger charge is 2.27. The second-order valence-corrected chi connectivity index (χ2v) is 11.4. The van der Waals surface area contributed by atoms with Crippen LogP contribution in [0.3, 0.4) is 0 Å². The van der Waals surface area contributed by atoms with Crippen molar-refractivity contribution >= 4 is 47.3 Å². The van der Waals surface area contributed by atoms with Gasteiger partial charge in [-0.2, -0.15) is 0 Å². The number of methoxy groups -OCH3 is 1. The van der Waals surface area contributed by atoms with Crippen molar-refractivity contribution in [2.45, 2.75) is 70.2 Å². The van der Waals surface area contributed by atoms with Crippen LogP contribution in [-0.4, -0.2) is 41.7 Å². The molecule has 2 aliphatic rings. The minimum Gasteiger partial charge on any atom is -0.493 e. The minimum atomic E-state index is -0.163. The molecule has 6 nitrogen and oxygen atoms in total. The number of amides is 1. The number of hydrogen-bond acceptors (Lipinski definition) is 6. The number of rotatable bonds is 12. The molecule has 2 aromatic carbocycles. The van der Waals surface area contributed by atoms with Gasteiger partial charge in [-0.15, -0.1) is 24.2 Å². The summed E-state index contributed by atoms with van der Waals surface area (Å²) in [5.41, 5.74) is 2.14. The molecule has 0 bridgehead atoms. The highest BCUT2D eigenvalue weighted by molar-refractivity contribution is 7.99. The van der Waals surface area contributed by atoms with E-state index in [-0.39, 0.29) is 30.4 Å². The predicted molar refractivity (Wildman–Crippen MR) is 162 cm³/mol. The van der Waals surface area contributed by atoms with Crippen molar-refractivity contribution < 1.29 is 14.3 Å². The van der Waals surface area contributed by atoms with E-state index in [0.717, 1.165) is 41.5 Å². The zero-order valence-corrected chi connectivity index (χ0v) is 24.5. The average Bonchev–Trinajstić information content (AvgIpc) is 3.49. The number of nitrogens with one attached hydrogen (secondary N) is 3. The van der Waals surface area contributed by atoms with Gasteiger partial charge in [0.15, 0.2) is 11.5 Å². The molecule has 4 rings (SSSR count). The molecule has 1 saturated heterocycles. The van der Waals surface area contributed by atoms with E-state index < -0.39 is 0 Å². The predicted octanol–water partition coefficient (Wildman–Crippen LogP) is 5.62. The van der Waals surface area contributed by atoms with Gasteiger partial charge in [0.25, 0.3) is 0 Å². The number of thiocarbonyl (C=S) groups is 1. The maximum absolute atomic E-state index is 12.9. The summed E-state index contributed by atoms with van der Waals surface area (Å²) in [5, 5.41) is 9.92. The summed E-state index contributed by atoms with van der Waals surface area (Å²) in [6.45, 7) is 1.02. The van der Waals surface area contributed by atoms with Crippen LogP contribution in [0.15, 0.2) is 48.5 Å². The van der Waals surface area contributed by atoms with Gasteiger partial charge in [-0.25, -0.2) is 0 Å². The highest BCUT2D eigenvalue weighted by Crippen LogP contribution is 2.30. The molecule has 2 fully saturated rings. The molecule has 0 aromatic heterocycles. The second kappa shape index (κ2) is 16.2. The molecule has 208 valence electrons. The van der Waals surface area contributed by atoms with Crippen LogP contribution in [0.25, 0.3) is 0 Å². The molecule has 0 unspecified atom stereocenters. The van der Waals surface area contributed by atoms with Crippen LogP contribution >= 0.6 is 36.4 Å². The molecule has 1 heterocycles. The molecule has 1 aliphatic carbocycles. The van der Waals surface area contributed by atoms with Crippen molar-refractivity contribution in [3.63, 3.8) is 0 Å². The van der Waals surface area contributed by atoms with Crippen LogP contribution < -0.4 is 25.4 Å². The monoisotopic (exact) mass is 577 g/mol. The fourth-order valence-corrected chi connectivity index (χ4v) is 6.17. The summed E-state index contributed by atoms with van der Waals surface area (Å²) in [6.07, 6.45) is 8.54. The summed E-state index contributed by atoms with van der Waals surface area (Å²) >= 11 is 7.58. The van der Waals surface area contributed by atoms with Crippen LogP contribution in [0.5, 0.6) is 11.5 Å². The van der Waals surface area contributed by atoms with E-state index in [4.69, 9.17) is 21.7 Å².